The smallest absolute Gasteiger partial charge is 0.460 e. The molecule has 0 aliphatic carbocycles. The summed E-state index contributed by atoms with van der Waals surface area (Å²) in [6.07, 6.45) is -6.58. The molecule has 1 atom stereocenters. The molecule has 0 aliphatic heterocycles. The van der Waals surface area contributed by atoms with Gasteiger partial charge in [0.15, 0.2) is 0 Å². The maximum Gasteiger partial charge on any atom is 0.460 e. The zero-order valence-electron chi connectivity index (χ0n) is 8.13. The van der Waals surface area contributed by atoms with Crippen LogP contribution in [0.25, 0.3) is 0 Å². The van der Waals surface area contributed by atoms with Crippen LogP contribution in [0.2, 0.25) is 0 Å². The van der Waals surface area contributed by atoms with Crippen LogP contribution < -0.4 is 0 Å². The standard InChI is InChI=1S/C7H10F3NO4/c1-6(11(13)14,7(8,9)10)4-3-5(12)15-2/h3-4H2,1-2H3. The SMILES string of the molecule is COC(=O)CCC(C)([N+](=O)[O-])C(F)(F)F. The number of ether oxygens (including phenoxy) is 1. The van der Waals surface area contributed by atoms with Crippen molar-refractivity contribution in [2.75, 3.05) is 7.11 Å². The van der Waals surface area contributed by atoms with E-state index in [0.29, 0.717) is 6.92 Å². The number of nitrogens with zero attached hydrogens (tertiary/aromatic N) is 1. The number of esters is 1. The maximum atomic E-state index is 12.3. The minimum absolute atomic E-state index is 0.440. The quantitative estimate of drug-likeness (QED) is 0.416. The number of alkyl halides is 3. The fourth-order valence-electron chi connectivity index (χ4n) is 0.784. The molecule has 1 unspecified atom stereocenters. The average Bonchev–Trinajstić information content (AvgIpc) is 2.11. The Hall–Kier alpha value is -1.34. The minimum Gasteiger partial charge on any atom is -0.469 e. The van der Waals surface area contributed by atoms with Crippen molar-refractivity contribution in [1.29, 1.82) is 0 Å². The Balaban J connectivity index is 4.69. The molecule has 0 aromatic heterocycles. The summed E-state index contributed by atoms with van der Waals surface area (Å²) in [6.45, 7) is 0.440. The van der Waals surface area contributed by atoms with Crippen LogP contribution in [0.1, 0.15) is 19.8 Å². The molecule has 0 saturated carbocycles. The van der Waals surface area contributed by atoms with Gasteiger partial charge in [0, 0.05) is 18.3 Å². The molecule has 0 N–H and O–H groups in total. The Kier molecular flexibility index (Phi) is 4.06. The van der Waals surface area contributed by atoms with Crippen molar-refractivity contribution >= 4 is 5.97 Å². The lowest BCUT2D eigenvalue weighted by molar-refractivity contribution is -0.609. The van der Waals surface area contributed by atoms with Crippen molar-refractivity contribution < 1.29 is 27.6 Å². The molecule has 0 amide bonds. The molecule has 0 aromatic carbocycles. The minimum atomic E-state index is -5.00. The zero-order valence-corrected chi connectivity index (χ0v) is 8.13. The van der Waals surface area contributed by atoms with E-state index in [1.807, 2.05) is 0 Å². The molecule has 0 bridgehead atoms. The highest BCUT2D eigenvalue weighted by atomic mass is 19.4. The van der Waals surface area contributed by atoms with Crippen molar-refractivity contribution in [3.05, 3.63) is 10.1 Å². The predicted octanol–water partition coefficient (Wildman–Crippen LogP) is 1.54. The van der Waals surface area contributed by atoms with Crippen LogP contribution in [0, 0.1) is 10.1 Å². The number of carbonyl (C=O) groups excluding carboxylic acids is 1. The third kappa shape index (κ3) is 3.07. The monoisotopic (exact) mass is 229 g/mol. The van der Waals surface area contributed by atoms with Gasteiger partial charge in [-0.1, -0.05) is 0 Å². The molecule has 0 aromatic rings. The predicted molar refractivity (Wildman–Crippen MR) is 42.7 cm³/mol. The van der Waals surface area contributed by atoms with E-state index in [1.54, 1.807) is 0 Å². The fraction of sp³-hybridized carbons (Fsp3) is 0.857. The summed E-state index contributed by atoms with van der Waals surface area (Å²) < 4.78 is 41.1. The molecule has 0 saturated heterocycles. The molecule has 5 nitrogen and oxygen atoms in total. The summed E-state index contributed by atoms with van der Waals surface area (Å²) in [4.78, 5) is 19.5. The molecule has 0 spiro atoms. The summed E-state index contributed by atoms with van der Waals surface area (Å²) in [6, 6.07) is 0. The van der Waals surface area contributed by atoms with Gasteiger partial charge in [-0.15, -0.1) is 0 Å². The normalized spacial score (nSPS) is 15.5. The summed E-state index contributed by atoms with van der Waals surface area (Å²) >= 11 is 0. The van der Waals surface area contributed by atoms with E-state index in [1.165, 1.54) is 0 Å². The van der Waals surface area contributed by atoms with Gasteiger partial charge in [0.05, 0.1) is 13.5 Å². The Bertz CT molecular complexity index is 265. The van der Waals surface area contributed by atoms with E-state index in [4.69, 9.17) is 0 Å². The second-order valence-electron chi connectivity index (χ2n) is 3.10. The number of rotatable bonds is 4. The molecule has 0 fully saturated rings. The number of halogens is 3. The van der Waals surface area contributed by atoms with Crippen LogP contribution in [-0.4, -0.2) is 29.7 Å². The number of nitro groups is 1. The van der Waals surface area contributed by atoms with Gasteiger partial charge in [-0.25, -0.2) is 0 Å². The van der Waals surface area contributed by atoms with Crippen LogP contribution in [0.3, 0.4) is 0 Å². The first-order valence-corrected chi connectivity index (χ1v) is 3.93. The van der Waals surface area contributed by atoms with Crippen molar-refractivity contribution in [3.8, 4) is 0 Å². The highest BCUT2D eigenvalue weighted by Crippen LogP contribution is 2.36. The van der Waals surface area contributed by atoms with Gasteiger partial charge in [-0.05, 0) is 0 Å². The molecule has 0 heterocycles. The number of carbonyl (C=O) groups is 1. The third-order valence-corrected chi connectivity index (χ3v) is 2.06. The highest BCUT2D eigenvalue weighted by Gasteiger charge is 2.61. The van der Waals surface area contributed by atoms with Gasteiger partial charge in [0.2, 0.25) is 0 Å². The van der Waals surface area contributed by atoms with Crippen molar-refractivity contribution in [1.82, 2.24) is 0 Å². The Morgan fingerprint density at radius 3 is 2.20 bits per heavy atom. The van der Waals surface area contributed by atoms with Crippen molar-refractivity contribution in [2.24, 2.45) is 0 Å². The van der Waals surface area contributed by atoms with Crippen LogP contribution in [-0.2, 0) is 9.53 Å². The van der Waals surface area contributed by atoms with Crippen molar-refractivity contribution in [2.45, 2.75) is 31.5 Å². The Morgan fingerprint density at radius 1 is 1.47 bits per heavy atom. The topological polar surface area (TPSA) is 69.4 Å². The highest BCUT2D eigenvalue weighted by molar-refractivity contribution is 5.69. The van der Waals surface area contributed by atoms with E-state index in [-0.39, 0.29) is 0 Å². The first-order chi connectivity index (χ1) is 6.65. The van der Waals surface area contributed by atoms with Gasteiger partial charge in [-0.2, -0.15) is 13.2 Å². The molecule has 8 heteroatoms. The van der Waals surface area contributed by atoms with Crippen LogP contribution in [0.5, 0.6) is 0 Å². The van der Waals surface area contributed by atoms with Gasteiger partial charge in [0.25, 0.3) is 0 Å². The van der Waals surface area contributed by atoms with Gasteiger partial charge >= 0.3 is 17.7 Å². The first-order valence-electron chi connectivity index (χ1n) is 3.93. The van der Waals surface area contributed by atoms with Crippen LogP contribution >= 0.6 is 0 Å². The lowest BCUT2D eigenvalue weighted by Gasteiger charge is -2.22. The second-order valence-corrected chi connectivity index (χ2v) is 3.10. The molecule has 88 valence electrons. The molecule has 0 rings (SSSR count). The van der Waals surface area contributed by atoms with Crippen molar-refractivity contribution in [3.63, 3.8) is 0 Å². The van der Waals surface area contributed by atoms with Crippen LogP contribution in [0.15, 0.2) is 0 Å². The summed E-state index contributed by atoms with van der Waals surface area (Å²) in [5, 5.41) is 10.3. The van der Waals surface area contributed by atoms with Crippen LogP contribution in [0.4, 0.5) is 13.2 Å². The lowest BCUT2D eigenvalue weighted by Crippen LogP contribution is -2.49. The van der Waals surface area contributed by atoms with E-state index < -0.39 is 35.4 Å². The van der Waals surface area contributed by atoms with E-state index >= 15 is 0 Å². The van der Waals surface area contributed by atoms with Gasteiger partial charge < -0.3 is 4.74 Å². The summed E-state index contributed by atoms with van der Waals surface area (Å²) in [5.41, 5.74) is -3.11. The van der Waals surface area contributed by atoms with E-state index in [9.17, 15) is 28.1 Å². The summed E-state index contributed by atoms with van der Waals surface area (Å²) in [5.74, 6) is -0.910. The average molecular weight is 229 g/mol. The molecular weight excluding hydrogens is 219 g/mol. The summed E-state index contributed by atoms with van der Waals surface area (Å²) in [7, 11) is 0.999. The number of hydrogen-bond acceptors (Lipinski definition) is 4. The van der Waals surface area contributed by atoms with Gasteiger partial charge in [-0.3, -0.25) is 14.9 Å². The van der Waals surface area contributed by atoms with E-state index in [2.05, 4.69) is 4.74 Å². The molecule has 0 radical (unpaired) electrons. The maximum absolute atomic E-state index is 12.3. The first kappa shape index (κ1) is 13.7. The third-order valence-electron chi connectivity index (χ3n) is 2.06. The Morgan fingerprint density at radius 2 is 1.93 bits per heavy atom. The van der Waals surface area contributed by atoms with Gasteiger partial charge in [0.1, 0.15) is 0 Å². The molecular formula is C7H10F3NO4. The fourth-order valence-corrected chi connectivity index (χ4v) is 0.784. The lowest BCUT2D eigenvalue weighted by atomic mass is 9.96. The number of methoxy groups -OCH3 is 1. The number of hydrogen-bond donors (Lipinski definition) is 0. The Labute approximate surface area is 83.4 Å². The largest absolute Gasteiger partial charge is 0.469 e. The van der Waals surface area contributed by atoms with E-state index in [0.717, 1.165) is 7.11 Å². The molecule has 15 heavy (non-hydrogen) atoms. The second kappa shape index (κ2) is 4.45. The zero-order chi connectivity index (χ0) is 12.3. The molecule has 0 aliphatic rings.